The number of carbonyl (C=O) groups is 1. The summed E-state index contributed by atoms with van der Waals surface area (Å²) in [4.78, 5) is 11.6. The molecule has 0 amide bonds. The van der Waals surface area contributed by atoms with Crippen LogP contribution in [0.1, 0.15) is 42.6 Å². The van der Waals surface area contributed by atoms with Crippen molar-refractivity contribution >= 4 is 5.97 Å². The second-order valence-electron chi connectivity index (χ2n) is 4.17. The average Bonchev–Trinajstić information content (AvgIpc) is 2.27. The average molecular weight is 278 g/mol. The molecule has 0 aliphatic carbocycles. The van der Waals surface area contributed by atoms with Crippen molar-refractivity contribution in [2.24, 2.45) is 0 Å². The second kappa shape index (κ2) is 6.04. The van der Waals surface area contributed by atoms with E-state index in [0.717, 1.165) is 18.6 Å². The first-order valence-electron chi connectivity index (χ1n) is 5.84. The molecule has 0 N–H and O–H groups in total. The molecule has 1 aromatic carbocycles. The van der Waals surface area contributed by atoms with Crippen LogP contribution in [0.3, 0.4) is 0 Å². The minimum atomic E-state index is -4.84. The van der Waals surface area contributed by atoms with Gasteiger partial charge in [-0.05, 0) is 25.5 Å². The summed E-state index contributed by atoms with van der Waals surface area (Å²) in [6.45, 7) is 3.47. The van der Waals surface area contributed by atoms with Gasteiger partial charge in [-0.2, -0.15) is 13.2 Å². The van der Waals surface area contributed by atoms with Crippen LogP contribution in [0.5, 0.6) is 0 Å². The summed E-state index contributed by atoms with van der Waals surface area (Å²) in [7, 11) is 0. The smallest absolute Gasteiger partial charge is 0.419 e. The van der Waals surface area contributed by atoms with E-state index in [1.807, 2.05) is 6.92 Å². The number of esters is 1. The van der Waals surface area contributed by atoms with Crippen LogP contribution in [0.15, 0.2) is 18.2 Å². The molecule has 0 aliphatic rings. The fraction of sp³-hybridized carbons (Fsp3) is 0.462. The standard InChI is InChI=1S/C13H14F4O2/c1-3-5-8(2)19-12(18)9-6-4-7-10(11(9)14)13(15,16)17/h4,6-8H,3,5H2,1-2H3. The third-order valence-electron chi connectivity index (χ3n) is 2.53. The van der Waals surface area contributed by atoms with Gasteiger partial charge in [0.15, 0.2) is 0 Å². The molecule has 0 saturated heterocycles. The predicted octanol–water partition coefficient (Wildman–Crippen LogP) is 4.19. The van der Waals surface area contributed by atoms with Gasteiger partial charge in [0.25, 0.3) is 0 Å². The number of rotatable bonds is 4. The predicted molar refractivity (Wildman–Crippen MR) is 61.2 cm³/mol. The fourth-order valence-electron chi connectivity index (χ4n) is 1.62. The van der Waals surface area contributed by atoms with E-state index in [1.165, 1.54) is 0 Å². The molecule has 0 fully saturated rings. The summed E-state index contributed by atoms with van der Waals surface area (Å²) in [5, 5.41) is 0. The van der Waals surface area contributed by atoms with Crippen LogP contribution in [-0.2, 0) is 10.9 Å². The molecule has 0 heterocycles. The Morgan fingerprint density at radius 3 is 2.53 bits per heavy atom. The van der Waals surface area contributed by atoms with E-state index in [9.17, 15) is 22.4 Å². The highest BCUT2D eigenvalue weighted by molar-refractivity contribution is 5.90. The highest BCUT2D eigenvalue weighted by atomic mass is 19.4. The van der Waals surface area contributed by atoms with Gasteiger partial charge in [-0.3, -0.25) is 0 Å². The molecule has 0 spiro atoms. The number of hydrogen-bond acceptors (Lipinski definition) is 2. The van der Waals surface area contributed by atoms with Crippen molar-refractivity contribution < 1.29 is 27.1 Å². The molecule has 106 valence electrons. The molecule has 1 aromatic rings. The van der Waals surface area contributed by atoms with Crippen LogP contribution in [0, 0.1) is 5.82 Å². The van der Waals surface area contributed by atoms with E-state index in [2.05, 4.69) is 0 Å². The Labute approximate surface area is 108 Å². The number of alkyl halides is 3. The van der Waals surface area contributed by atoms with Gasteiger partial charge < -0.3 is 4.74 Å². The topological polar surface area (TPSA) is 26.3 Å². The van der Waals surface area contributed by atoms with E-state index in [0.29, 0.717) is 12.5 Å². The van der Waals surface area contributed by atoms with Crippen molar-refractivity contribution in [1.29, 1.82) is 0 Å². The lowest BCUT2D eigenvalue weighted by atomic mass is 10.1. The molecule has 1 rings (SSSR count). The number of ether oxygens (including phenoxy) is 1. The van der Waals surface area contributed by atoms with E-state index in [-0.39, 0.29) is 0 Å². The maximum atomic E-state index is 13.6. The van der Waals surface area contributed by atoms with E-state index < -0.39 is 35.2 Å². The second-order valence-corrected chi connectivity index (χ2v) is 4.17. The zero-order valence-electron chi connectivity index (χ0n) is 10.6. The molecule has 1 unspecified atom stereocenters. The molecule has 0 aliphatic heterocycles. The number of benzene rings is 1. The van der Waals surface area contributed by atoms with E-state index in [4.69, 9.17) is 4.74 Å². The fourth-order valence-corrected chi connectivity index (χ4v) is 1.62. The quantitative estimate of drug-likeness (QED) is 0.609. The monoisotopic (exact) mass is 278 g/mol. The van der Waals surface area contributed by atoms with Gasteiger partial charge in [-0.1, -0.05) is 19.4 Å². The minimum Gasteiger partial charge on any atom is -0.459 e. The van der Waals surface area contributed by atoms with Crippen LogP contribution < -0.4 is 0 Å². The maximum absolute atomic E-state index is 13.6. The van der Waals surface area contributed by atoms with Gasteiger partial charge in [0.05, 0.1) is 17.2 Å². The Kier molecular flexibility index (Phi) is 4.91. The number of carbonyl (C=O) groups excluding carboxylic acids is 1. The van der Waals surface area contributed by atoms with Crippen LogP contribution in [0.25, 0.3) is 0 Å². The lowest BCUT2D eigenvalue weighted by Gasteiger charge is -2.14. The van der Waals surface area contributed by atoms with Crippen molar-refractivity contribution in [3.8, 4) is 0 Å². The van der Waals surface area contributed by atoms with Gasteiger partial charge in [0.1, 0.15) is 5.82 Å². The minimum absolute atomic E-state index is 0.466. The first-order chi connectivity index (χ1) is 8.77. The summed E-state index contributed by atoms with van der Waals surface area (Å²) in [5.74, 6) is -2.67. The van der Waals surface area contributed by atoms with Crippen LogP contribution >= 0.6 is 0 Å². The van der Waals surface area contributed by atoms with Crippen molar-refractivity contribution in [3.05, 3.63) is 35.1 Å². The highest BCUT2D eigenvalue weighted by Gasteiger charge is 2.36. The van der Waals surface area contributed by atoms with Gasteiger partial charge >= 0.3 is 12.1 Å². The molecule has 0 saturated carbocycles. The van der Waals surface area contributed by atoms with Gasteiger partial charge in [-0.25, -0.2) is 9.18 Å². The molecule has 6 heteroatoms. The summed E-state index contributed by atoms with van der Waals surface area (Å²) >= 11 is 0. The van der Waals surface area contributed by atoms with Crippen molar-refractivity contribution in [1.82, 2.24) is 0 Å². The molecular weight excluding hydrogens is 264 g/mol. The first kappa shape index (κ1) is 15.5. The number of hydrogen-bond donors (Lipinski definition) is 0. The largest absolute Gasteiger partial charge is 0.459 e. The van der Waals surface area contributed by atoms with Crippen molar-refractivity contribution in [2.45, 2.75) is 39.0 Å². The van der Waals surface area contributed by atoms with Crippen LogP contribution in [0.2, 0.25) is 0 Å². The summed E-state index contributed by atoms with van der Waals surface area (Å²) in [6.07, 6.45) is -3.99. The van der Waals surface area contributed by atoms with Gasteiger partial charge in [0.2, 0.25) is 0 Å². The molecule has 1 atom stereocenters. The molecule has 0 radical (unpaired) electrons. The van der Waals surface area contributed by atoms with Gasteiger partial charge in [-0.15, -0.1) is 0 Å². The Balaban J connectivity index is 2.99. The number of halogens is 4. The SMILES string of the molecule is CCCC(C)OC(=O)c1cccc(C(F)(F)F)c1F. The highest BCUT2D eigenvalue weighted by Crippen LogP contribution is 2.32. The summed E-state index contributed by atoms with van der Waals surface area (Å²) < 4.78 is 56.0. The normalized spacial score (nSPS) is 13.2. The van der Waals surface area contributed by atoms with Crippen molar-refractivity contribution in [2.75, 3.05) is 0 Å². The van der Waals surface area contributed by atoms with E-state index >= 15 is 0 Å². The summed E-state index contributed by atoms with van der Waals surface area (Å²) in [5.41, 5.74) is -2.16. The zero-order valence-corrected chi connectivity index (χ0v) is 10.6. The first-order valence-corrected chi connectivity index (χ1v) is 5.84. The van der Waals surface area contributed by atoms with Gasteiger partial charge in [0, 0.05) is 0 Å². The molecule has 0 aromatic heterocycles. The summed E-state index contributed by atoms with van der Waals surface area (Å²) in [6, 6.07) is 2.54. The molecular formula is C13H14F4O2. The molecule has 19 heavy (non-hydrogen) atoms. The molecule has 2 nitrogen and oxygen atoms in total. The maximum Gasteiger partial charge on any atom is 0.419 e. The molecule has 0 bridgehead atoms. The zero-order chi connectivity index (χ0) is 14.6. The van der Waals surface area contributed by atoms with Crippen LogP contribution in [0.4, 0.5) is 17.6 Å². The Morgan fingerprint density at radius 2 is 2.00 bits per heavy atom. The lowest BCUT2D eigenvalue weighted by molar-refractivity contribution is -0.140. The van der Waals surface area contributed by atoms with Crippen molar-refractivity contribution in [3.63, 3.8) is 0 Å². The third-order valence-corrected chi connectivity index (χ3v) is 2.53. The Bertz CT molecular complexity index is 454. The lowest BCUT2D eigenvalue weighted by Crippen LogP contribution is -2.18. The van der Waals surface area contributed by atoms with E-state index in [1.54, 1.807) is 6.92 Å². The third kappa shape index (κ3) is 3.94. The van der Waals surface area contributed by atoms with Crippen LogP contribution in [-0.4, -0.2) is 12.1 Å². The Hall–Kier alpha value is -1.59. The Morgan fingerprint density at radius 1 is 1.37 bits per heavy atom.